The van der Waals surface area contributed by atoms with Crippen molar-refractivity contribution in [2.24, 2.45) is 14.1 Å². The van der Waals surface area contributed by atoms with Crippen LogP contribution in [0.1, 0.15) is 0 Å². The van der Waals surface area contributed by atoms with Gasteiger partial charge in [0.25, 0.3) is 0 Å². The Morgan fingerprint density at radius 1 is 0.457 bits per heavy atom. The first kappa shape index (κ1) is 27.4. The number of imidazole rings is 1. The molecule has 6 heteroatoms. The molecule has 0 saturated heterocycles. The van der Waals surface area contributed by atoms with Crippen molar-refractivity contribution >= 4 is 21.8 Å². The Hall–Kier alpha value is -6.14. The van der Waals surface area contributed by atoms with Crippen molar-refractivity contribution in [3.8, 4) is 56.4 Å². The third kappa shape index (κ3) is 4.68. The van der Waals surface area contributed by atoms with Crippen molar-refractivity contribution in [2.45, 2.75) is 0 Å². The number of benzene rings is 6. The van der Waals surface area contributed by atoms with Gasteiger partial charge in [-0.2, -0.15) is 0 Å². The summed E-state index contributed by atoms with van der Waals surface area (Å²) in [4.78, 5) is 27.6. The van der Waals surface area contributed by atoms with E-state index in [-0.39, 0.29) is 5.69 Å². The molecule has 220 valence electrons. The first-order valence-corrected chi connectivity index (χ1v) is 15.2. The van der Waals surface area contributed by atoms with Crippen LogP contribution in [0.15, 0.2) is 144 Å². The number of hydrogen-bond acceptors (Lipinski definition) is 4. The Balaban J connectivity index is 1.28. The van der Waals surface area contributed by atoms with E-state index < -0.39 is 0 Å². The lowest BCUT2D eigenvalue weighted by Gasteiger charge is -2.15. The van der Waals surface area contributed by atoms with Gasteiger partial charge in [-0.05, 0) is 45.7 Å². The van der Waals surface area contributed by atoms with E-state index >= 15 is 0 Å². The number of aromatic nitrogens is 5. The number of rotatable bonds is 5. The molecule has 46 heavy (non-hydrogen) atoms. The van der Waals surface area contributed by atoms with Crippen molar-refractivity contribution in [1.82, 2.24) is 24.1 Å². The van der Waals surface area contributed by atoms with E-state index in [1.54, 1.807) is 23.2 Å². The van der Waals surface area contributed by atoms with Crippen LogP contribution in [0.5, 0.6) is 0 Å². The zero-order chi connectivity index (χ0) is 31.2. The summed E-state index contributed by atoms with van der Waals surface area (Å²) in [5.74, 6) is 1.84. The third-order valence-electron chi connectivity index (χ3n) is 8.65. The highest BCUT2D eigenvalue weighted by atomic mass is 16.1. The van der Waals surface area contributed by atoms with Crippen LogP contribution >= 0.6 is 0 Å². The lowest BCUT2D eigenvalue weighted by molar-refractivity contribution is 0.795. The van der Waals surface area contributed by atoms with Gasteiger partial charge in [0.2, 0.25) is 0 Å². The van der Waals surface area contributed by atoms with Crippen molar-refractivity contribution < 1.29 is 0 Å². The summed E-state index contributed by atoms with van der Waals surface area (Å²) in [6.45, 7) is 0. The first-order chi connectivity index (χ1) is 22.5. The largest absolute Gasteiger partial charge is 0.328 e. The zero-order valence-electron chi connectivity index (χ0n) is 25.4. The summed E-state index contributed by atoms with van der Waals surface area (Å²) in [5, 5.41) is 2.30. The van der Waals surface area contributed by atoms with Crippen LogP contribution < -0.4 is 5.69 Å². The molecule has 0 amide bonds. The third-order valence-corrected chi connectivity index (χ3v) is 8.65. The van der Waals surface area contributed by atoms with Gasteiger partial charge in [0.1, 0.15) is 0 Å². The molecule has 0 atom stereocenters. The van der Waals surface area contributed by atoms with E-state index in [4.69, 9.17) is 15.0 Å². The number of aryl methyl sites for hydroxylation is 2. The smallest absolute Gasteiger partial charge is 0.295 e. The van der Waals surface area contributed by atoms with Gasteiger partial charge in [-0.1, -0.05) is 121 Å². The molecule has 0 bridgehead atoms. The minimum absolute atomic E-state index is 0.0378. The molecule has 6 nitrogen and oxygen atoms in total. The lowest BCUT2D eigenvalue weighted by atomic mass is 9.93. The molecule has 0 unspecified atom stereocenters. The van der Waals surface area contributed by atoms with Crippen LogP contribution in [0.3, 0.4) is 0 Å². The van der Waals surface area contributed by atoms with Crippen LogP contribution in [-0.2, 0) is 14.1 Å². The topological polar surface area (TPSA) is 65.6 Å². The van der Waals surface area contributed by atoms with E-state index in [0.717, 1.165) is 60.8 Å². The van der Waals surface area contributed by atoms with Gasteiger partial charge >= 0.3 is 5.69 Å². The standard InChI is InChI=1S/C40H29N5O/c1-44-34-24-22-31(25-35(34)45(2)40(44)46)26-17-19-30(20-18-26)38-41-37(29-14-7-4-8-15-29)42-39(43-38)33-23-21-27-11-9-10-16-32(27)36(33)28-12-5-3-6-13-28/h3-25H,1-2H3. The number of hydrogen-bond donors (Lipinski definition) is 0. The summed E-state index contributed by atoms with van der Waals surface area (Å²) in [5.41, 5.74) is 8.80. The number of nitrogens with zero attached hydrogens (tertiary/aromatic N) is 5. The minimum atomic E-state index is -0.0378. The summed E-state index contributed by atoms with van der Waals surface area (Å²) < 4.78 is 3.35. The summed E-state index contributed by atoms with van der Waals surface area (Å²) in [7, 11) is 3.60. The van der Waals surface area contributed by atoms with Gasteiger partial charge < -0.3 is 0 Å². The van der Waals surface area contributed by atoms with Crippen molar-refractivity contribution in [3.05, 3.63) is 150 Å². The van der Waals surface area contributed by atoms with E-state index in [1.807, 2.05) is 42.5 Å². The van der Waals surface area contributed by atoms with E-state index in [0.29, 0.717) is 17.5 Å². The molecule has 6 aromatic carbocycles. The van der Waals surface area contributed by atoms with Crippen LogP contribution in [0, 0.1) is 0 Å². The quantitative estimate of drug-likeness (QED) is 0.200. The molecule has 0 aliphatic rings. The average Bonchev–Trinajstić information content (AvgIpc) is 3.34. The molecule has 0 aliphatic carbocycles. The maximum atomic E-state index is 12.5. The fourth-order valence-electron chi connectivity index (χ4n) is 6.21. The molecule has 0 spiro atoms. The fourth-order valence-corrected chi connectivity index (χ4v) is 6.21. The normalized spacial score (nSPS) is 11.3. The lowest BCUT2D eigenvalue weighted by Crippen LogP contribution is -2.19. The number of fused-ring (bicyclic) bond motifs is 2. The highest BCUT2D eigenvalue weighted by Gasteiger charge is 2.18. The molecule has 8 aromatic rings. The van der Waals surface area contributed by atoms with Gasteiger partial charge in [0.15, 0.2) is 17.5 Å². The van der Waals surface area contributed by atoms with Crippen LogP contribution in [-0.4, -0.2) is 24.1 Å². The molecule has 2 heterocycles. The zero-order valence-corrected chi connectivity index (χ0v) is 25.4. The van der Waals surface area contributed by atoms with Crippen molar-refractivity contribution in [2.75, 3.05) is 0 Å². The van der Waals surface area contributed by atoms with E-state index in [9.17, 15) is 4.79 Å². The Morgan fingerprint density at radius 2 is 1.00 bits per heavy atom. The van der Waals surface area contributed by atoms with E-state index in [1.165, 1.54) is 0 Å². The second-order valence-corrected chi connectivity index (χ2v) is 11.4. The fraction of sp³-hybridized carbons (Fsp3) is 0.0500. The Bertz CT molecular complexity index is 2440. The predicted octanol–water partition coefficient (Wildman–Crippen LogP) is 8.55. The van der Waals surface area contributed by atoms with Crippen molar-refractivity contribution in [3.63, 3.8) is 0 Å². The second kappa shape index (κ2) is 11.1. The highest BCUT2D eigenvalue weighted by Crippen LogP contribution is 2.38. The summed E-state index contributed by atoms with van der Waals surface area (Å²) in [6, 6.07) is 47.5. The van der Waals surface area contributed by atoms with Crippen LogP contribution in [0.4, 0.5) is 0 Å². The molecule has 0 radical (unpaired) electrons. The van der Waals surface area contributed by atoms with Crippen LogP contribution in [0.25, 0.3) is 78.2 Å². The Morgan fingerprint density at radius 3 is 1.72 bits per heavy atom. The maximum Gasteiger partial charge on any atom is 0.328 e. The highest BCUT2D eigenvalue weighted by molar-refractivity contribution is 6.03. The van der Waals surface area contributed by atoms with Gasteiger partial charge in [-0.3, -0.25) is 9.13 Å². The summed E-state index contributed by atoms with van der Waals surface area (Å²) >= 11 is 0. The molecule has 0 aliphatic heterocycles. The van der Waals surface area contributed by atoms with Crippen LogP contribution in [0.2, 0.25) is 0 Å². The molecule has 8 rings (SSSR count). The minimum Gasteiger partial charge on any atom is -0.295 e. The maximum absolute atomic E-state index is 12.5. The van der Waals surface area contributed by atoms with Crippen molar-refractivity contribution in [1.29, 1.82) is 0 Å². The van der Waals surface area contributed by atoms with Gasteiger partial charge in [-0.15, -0.1) is 0 Å². The molecular formula is C40H29N5O. The monoisotopic (exact) mass is 595 g/mol. The molecule has 0 N–H and O–H groups in total. The second-order valence-electron chi connectivity index (χ2n) is 11.4. The van der Waals surface area contributed by atoms with Gasteiger partial charge in [0.05, 0.1) is 11.0 Å². The molecular weight excluding hydrogens is 566 g/mol. The molecule has 0 saturated carbocycles. The molecule has 2 aromatic heterocycles. The Kier molecular flexibility index (Phi) is 6.61. The SMILES string of the molecule is Cn1c(=O)n(C)c2cc(-c3ccc(-c4nc(-c5ccccc5)nc(-c5ccc6ccccc6c5-c5ccccc5)n4)cc3)ccc21. The molecule has 0 fully saturated rings. The first-order valence-electron chi connectivity index (χ1n) is 15.2. The van der Waals surface area contributed by atoms with E-state index in [2.05, 4.69) is 97.1 Å². The average molecular weight is 596 g/mol. The Labute approximate surface area is 265 Å². The summed E-state index contributed by atoms with van der Waals surface area (Å²) in [6.07, 6.45) is 0. The predicted molar refractivity (Wildman–Crippen MR) is 186 cm³/mol. The van der Waals surface area contributed by atoms with Gasteiger partial charge in [-0.25, -0.2) is 19.7 Å². The van der Waals surface area contributed by atoms with Gasteiger partial charge in [0, 0.05) is 36.3 Å².